The van der Waals surface area contributed by atoms with Crippen molar-refractivity contribution in [3.05, 3.63) is 59.9 Å². The molecule has 2 aromatic rings. The number of ether oxygens (including phenoxy) is 1. The molecule has 0 unspecified atom stereocenters. The summed E-state index contributed by atoms with van der Waals surface area (Å²) in [5.41, 5.74) is 2.38. The van der Waals surface area contributed by atoms with Gasteiger partial charge in [0.1, 0.15) is 5.75 Å². The number of pyridine rings is 1. The summed E-state index contributed by atoms with van der Waals surface area (Å²) in [4.78, 5) is 30.6. The Labute approximate surface area is 172 Å². The van der Waals surface area contributed by atoms with Gasteiger partial charge in [-0.1, -0.05) is 12.1 Å². The normalized spacial score (nSPS) is 16.5. The summed E-state index contributed by atoms with van der Waals surface area (Å²) in [6, 6.07) is 11.9. The SMILES string of the molecule is COc1ccc(CCN2C[C@@H](C(=O)NCCCc3ccncc3)CCC2=O)cc1. The minimum Gasteiger partial charge on any atom is -0.497 e. The Morgan fingerprint density at radius 3 is 2.59 bits per heavy atom. The smallest absolute Gasteiger partial charge is 0.224 e. The Morgan fingerprint density at radius 2 is 1.86 bits per heavy atom. The predicted molar refractivity (Wildman–Crippen MR) is 112 cm³/mol. The first-order valence-corrected chi connectivity index (χ1v) is 10.2. The van der Waals surface area contributed by atoms with Crippen molar-refractivity contribution in [2.45, 2.75) is 32.1 Å². The van der Waals surface area contributed by atoms with Gasteiger partial charge in [0, 0.05) is 38.4 Å². The second-order valence-corrected chi connectivity index (χ2v) is 7.42. The standard InChI is InChI=1S/C23H29N3O3/c1-29-21-7-4-19(5-8-21)12-16-26-17-20(6-9-22(26)27)23(28)25-13-2-3-18-10-14-24-15-11-18/h4-5,7-8,10-11,14-15,20H,2-3,6,9,12-13,16-17H2,1H3,(H,25,28)/t20-/m0/s1. The molecular weight excluding hydrogens is 366 g/mol. The molecule has 154 valence electrons. The minimum atomic E-state index is -0.121. The number of methoxy groups -OCH3 is 1. The zero-order chi connectivity index (χ0) is 20.5. The third-order valence-corrected chi connectivity index (χ3v) is 5.39. The minimum absolute atomic E-state index is 0.0571. The van der Waals surface area contributed by atoms with E-state index in [-0.39, 0.29) is 17.7 Å². The van der Waals surface area contributed by atoms with E-state index in [1.165, 1.54) is 5.56 Å². The number of nitrogens with zero attached hydrogens (tertiary/aromatic N) is 2. The second kappa shape index (κ2) is 10.6. The monoisotopic (exact) mass is 395 g/mol. The van der Waals surface area contributed by atoms with Crippen LogP contribution >= 0.6 is 0 Å². The quantitative estimate of drug-likeness (QED) is 0.663. The molecule has 6 nitrogen and oxygen atoms in total. The van der Waals surface area contributed by atoms with Crippen LogP contribution in [0.3, 0.4) is 0 Å². The third kappa shape index (κ3) is 6.31. The Hall–Kier alpha value is -2.89. The van der Waals surface area contributed by atoms with E-state index in [2.05, 4.69) is 10.3 Å². The van der Waals surface area contributed by atoms with Gasteiger partial charge in [-0.05, 0) is 61.1 Å². The fourth-order valence-electron chi connectivity index (χ4n) is 3.60. The van der Waals surface area contributed by atoms with Crippen molar-refractivity contribution in [1.82, 2.24) is 15.2 Å². The van der Waals surface area contributed by atoms with Crippen LogP contribution in [0, 0.1) is 5.92 Å². The van der Waals surface area contributed by atoms with Crippen LogP contribution in [-0.4, -0.2) is 48.4 Å². The average Bonchev–Trinajstić information content (AvgIpc) is 2.77. The van der Waals surface area contributed by atoms with Crippen LogP contribution in [-0.2, 0) is 22.4 Å². The first-order chi connectivity index (χ1) is 14.2. The summed E-state index contributed by atoms with van der Waals surface area (Å²) in [5.74, 6) is 0.898. The Bertz CT molecular complexity index is 793. The van der Waals surface area contributed by atoms with Gasteiger partial charge in [-0.25, -0.2) is 0 Å². The van der Waals surface area contributed by atoms with E-state index in [9.17, 15) is 9.59 Å². The highest BCUT2D eigenvalue weighted by molar-refractivity contribution is 5.83. The molecule has 2 heterocycles. The average molecular weight is 396 g/mol. The van der Waals surface area contributed by atoms with Crippen molar-refractivity contribution in [2.75, 3.05) is 26.7 Å². The number of likely N-dealkylation sites (tertiary alicyclic amines) is 1. The summed E-state index contributed by atoms with van der Waals surface area (Å²) >= 11 is 0. The lowest BCUT2D eigenvalue weighted by atomic mass is 9.96. The molecule has 1 aliphatic heterocycles. The van der Waals surface area contributed by atoms with Crippen molar-refractivity contribution < 1.29 is 14.3 Å². The molecule has 1 N–H and O–H groups in total. The molecule has 0 spiro atoms. The van der Waals surface area contributed by atoms with Gasteiger partial charge in [0.05, 0.1) is 13.0 Å². The topological polar surface area (TPSA) is 71.5 Å². The number of nitrogens with one attached hydrogen (secondary N) is 1. The molecule has 1 atom stereocenters. The predicted octanol–water partition coefficient (Wildman–Crippen LogP) is 2.62. The van der Waals surface area contributed by atoms with E-state index < -0.39 is 0 Å². The number of carbonyl (C=O) groups is 2. The van der Waals surface area contributed by atoms with E-state index in [0.717, 1.165) is 30.6 Å². The van der Waals surface area contributed by atoms with E-state index >= 15 is 0 Å². The van der Waals surface area contributed by atoms with Crippen LogP contribution in [0.25, 0.3) is 0 Å². The summed E-state index contributed by atoms with van der Waals surface area (Å²) in [6.07, 6.45) is 7.23. The zero-order valence-corrected chi connectivity index (χ0v) is 17.0. The van der Waals surface area contributed by atoms with Crippen molar-refractivity contribution in [2.24, 2.45) is 5.92 Å². The first-order valence-electron chi connectivity index (χ1n) is 10.2. The van der Waals surface area contributed by atoms with E-state index in [1.807, 2.05) is 41.3 Å². The molecule has 0 saturated carbocycles. The molecule has 1 saturated heterocycles. The number of amides is 2. The maximum atomic E-state index is 12.5. The number of hydrogen-bond donors (Lipinski definition) is 1. The fourth-order valence-corrected chi connectivity index (χ4v) is 3.60. The van der Waals surface area contributed by atoms with Crippen molar-refractivity contribution in [3.8, 4) is 5.75 Å². The maximum absolute atomic E-state index is 12.5. The highest BCUT2D eigenvalue weighted by Crippen LogP contribution is 2.19. The number of benzene rings is 1. The van der Waals surface area contributed by atoms with Crippen molar-refractivity contribution in [1.29, 1.82) is 0 Å². The summed E-state index contributed by atoms with van der Waals surface area (Å²) in [6.45, 7) is 1.79. The van der Waals surface area contributed by atoms with Crippen molar-refractivity contribution in [3.63, 3.8) is 0 Å². The molecular formula is C23H29N3O3. The zero-order valence-electron chi connectivity index (χ0n) is 17.0. The molecule has 1 fully saturated rings. The lowest BCUT2D eigenvalue weighted by Crippen LogP contribution is -2.46. The van der Waals surface area contributed by atoms with Crippen molar-refractivity contribution >= 4 is 11.8 Å². The first kappa shape index (κ1) is 20.8. The Balaban J connectivity index is 1.41. The fraction of sp³-hybridized carbons (Fsp3) is 0.435. The maximum Gasteiger partial charge on any atom is 0.224 e. The highest BCUT2D eigenvalue weighted by atomic mass is 16.5. The van der Waals surface area contributed by atoms with Gasteiger partial charge in [0.25, 0.3) is 0 Å². The van der Waals surface area contributed by atoms with Gasteiger partial charge in [0.2, 0.25) is 11.8 Å². The van der Waals surface area contributed by atoms with Gasteiger partial charge < -0.3 is 15.0 Å². The number of rotatable bonds is 9. The van der Waals surface area contributed by atoms with Crippen LogP contribution in [0.5, 0.6) is 5.75 Å². The van der Waals surface area contributed by atoms with Crippen LogP contribution in [0.15, 0.2) is 48.8 Å². The molecule has 29 heavy (non-hydrogen) atoms. The van der Waals surface area contributed by atoms with Gasteiger partial charge in [0.15, 0.2) is 0 Å². The van der Waals surface area contributed by atoms with Crippen LogP contribution < -0.4 is 10.1 Å². The molecule has 0 radical (unpaired) electrons. The Kier molecular flexibility index (Phi) is 7.61. The van der Waals surface area contributed by atoms with Crippen LogP contribution in [0.1, 0.15) is 30.4 Å². The molecule has 0 aliphatic carbocycles. The third-order valence-electron chi connectivity index (χ3n) is 5.39. The molecule has 1 aromatic carbocycles. The summed E-state index contributed by atoms with van der Waals surface area (Å²) in [7, 11) is 1.64. The number of aromatic nitrogens is 1. The van der Waals surface area contributed by atoms with Gasteiger partial charge in [-0.2, -0.15) is 0 Å². The van der Waals surface area contributed by atoms with E-state index in [4.69, 9.17) is 4.74 Å². The molecule has 6 heteroatoms. The number of piperidine rings is 1. The molecule has 1 aromatic heterocycles. The Morgan fingerprint density at radius 1 is 1.14 bits per heavy atom. The van der Waals surface area contributed by atoms with E-state index in [1.54, 1.807) is 19.5 Å². The largest absolute Gasteiger partial charge is 0.497 e. The lowest BCUT2D eigenvalue weighted by Gasteiger charge is -2.32. The second-order valence-electron chi connectivity index (χ2n) is 7.42. The van der Waals surface area contributed by atoms with Gasteiger partial charge in [-0.15, -0.1) is 0 Å². The highest BCUT2D eigenvalue weighted by Gasteiger charge is 2.29. The van der Waals surface area contributed by atoms with Crippen LogP contribution in [0.2, 0.25) is 0 Å². The summed E-state index contributed by atoms with van der Waals surface area (Å²) < 4.78 is 5.17. The van der Waals surface area contributed by atoms with Gasteiger partial charge in [-0.3, -0.25) is 14.6 Å². The molecule has 1 aliphatic rings. The number of carbonyl (C=O) groups excluding carboxylic acids is 2. The lowest BCUT2D eigenvalue weighted by molar-refractivity contribution is -0.138. The number of hydrogen-bond acceptors (Lipinski definition) is 4. The van der Waals surface area contributed by atoms with Crippen LogP contribution in [0.4, 0.5) is 0 Å². The molecule has 3 rings (SSSR count). The van der Waals surface area contributed by atoms with Gasteiger partial charge >= 0.3 is 0 Å². The molecule has 0 bridgehead atoms. The molecule has 2 amide bonds. The number of aryl methyl sites for hydroxylation is 1. The summed E-state index contributed by atoms with van der Waals surface area (Å²) in [5, 5.41) is 3.04. The van der Waals surface area contributed by atoms with E-state index in [0.29, 0.717) is 32.5 Å².